The van der Waals surface area contributed by atoms with E-state index in [0.717, 1.165) is 11.0 Å². The van der Waals surface area contributed by atoms with Gasteiger partial charge in [0.2, 0.25) is 15.7 Å². The number of aromatic nitrogens is 3. The molecule has 7 heteroatoms. The van der Waals surface area contributed by atoms with Crippen molar-refractivity contribution in [2.24, 2.45) is 0 Å². The first-order valence-corrected chi connectivity index (χ1v) is 8.53. The van der Waals surface area contributed by atoms with Crippen LogP contribution in [0.3, 0.4) is 0 Å². The van der Waals surface area contributed by atoms with E-state index < -0.39 is 9.84 Å². The Morgan fingerprint density at radius 3 is 2.74 bits per heavy atom. The van der Waals surface area contributed by atoms with Crippen LogP contribution in [0.4, 0.5) is 0 Å². The van der Waals surface area contributed by atoms with Gasteiger partial charge in [0.05, 0.1) is 5.39 Å². The largest absolute Gasteiger partial charge is 0.472 e. The molecule has 6 nitrogen and oxygen atoms in total. The van der Waals surface area contributed by atoms with Gasteiger partial charge in [-0.3, -0.25) is 0 Å². The highest BCUT2D eigenvalue weighted by Gasteiger charge is 2.21. The first-order valence-electron chi connectivity index (χ1n) is 6.98. The summed E-state index contributed by atoms with van der Waals surface area (Å²) in [6, 6.07) is 9.58. The molecule has 3 aromatic rings. The van der Waals surface area contributed by atoms with E-state index in [1.54, 1.807) is 6.92 Å². The van der Waals surface area contributed by atoms with Crippen molar-refractivity contribution in [3.63, 3.8) is 0 Å². The molecule has 0 spiro atoms. The van der Waals surface area contributed by atoms with Crippen molar-refractivity contribution in [3.8, 4) is 5.88 Å². The number of nitrogens with zero attached hydrogens (tertiary/aromatic N) is 2. The lowest BCUT2D eigenvalue weighted by molar-refractivity contribution is 0.297. The van der Waals surface area contributed by atoms with Crippen LogP contribution in [-0.4, -0.2) is 23.4 Å². The molecule has 0 bridgehead atoms. The Kier molecular flexibility index (Phi) is 4.12. The Hall–Kier alpha value is -2.67. The second kappa shape index (κ2) is 6.21. The van der Waals surface area contributed by atoms with E-state index in [1.165, 1.54) is 18.6 Å². The van der Waals surface area contributed by atoms with E-state index in [1.807, 2.05) is 30.3 Å². The van der Waals surface area contributed by atoms with Crippen LogP contribution in [0.1, 0.15) is 12.5 Å². The molecule has 0 fully saturated rings. The van der Waals surface area contributed by atoms with Crippen LogP contribution in [-0.2, 0) is 16.4 Å². The fourth-order valence-corrected chi connectivity index (χ4v) is 3.42. The maximum Gasteiger partial charge on any atom is 0.227 e. The monoisotopic (exact) mass is 329 g/mol. The van der Waals surface area contributed by atoms with Gasteiger partial charge in [-0.15, -0.1) is 0 Å². The molecule has 3 rings (SSSR count). The zero-order valence-corrected chi connectivity index (χ0v) is 13.2. The fourth-order valence-electron chi connectivity index (χ4n) is 2.22. The maximum absolute atomic E-state index is 12.3. The van der Waals surface area contributed by atoms with Gasteiger partial charge in [-0.05, 0) is 12.5 Å². The highest BCUT2D eigenvalue weighted by Crippen LogP contribution is 2.30. The van der Waals surface area contributed by atoms with E-state index >= 15 is 0 Å². The Labute approximate surface area is 133 Å². The third kappa shape index (κ3) is 3.09. The number of aromatic amines is 1. The summed E-state index contributed by atoms with van der Waals surface area (Å²) in [6.45, 7) is 1.94. The van der Waals surface area contributed by atoms with Crippen molar-refractivity contribution in [3.05, 3.63) is 59.9 Å². The van der Waals surface area contributed by atoms with Crippen molar-refractivity contribution in [1.29, 1.82) is 0 Å². The number of hydrogen-bond donors (Lipinski definition) is 1. The molecule has 2 heterocycles. The number of allylic oxidation sites excluding steroid dienone is 1. The highest BCUT2D eigenvalue weighted by atomic mass is 32.2. The Morgan fingerprint density at radius 2 is 2.00 bits per heavy atom. The van der Waals surface area contributed by atoms with E-state index in [4.69, 9.17) is 4.74 Å². The molecule has 0 aliphatic rings. The minimum atomic E-state index is -3.57. The molecule has 0 saturated heterocycles. The number of fused-ring (bicyclic) bond motifs is 1. The average Bonchev–Trinajstić information content (AvgIpc) is 2.99. The molecular formula is C16H15N3O3S. The number of rotatable bonds is 5. The van der Waals surface area contributed by atoms with Crippen molar-refractivity contribution in [2.45, 2.75) is 18.4 Å². The molecule has 0 unspecified atom stereocenters. The summed E-state index contributed by atoms with van der Waals surface area (Å²) in [6.07, 6.45) is 4.22. The maximum atomic E-state index is 12.3. The smallest absolute Gasteiger partial charge is 0.227 e. The van der Waals surface area contributed by atoms with Gasteiger partial charge >= 0.3 is 0 Å². The van der Waals surface area contributed by atoms with Gasteiger partial charge in [0.15, 0.2) is 0 Å². The second-order valence-corrected chi connectivity index (χ2v) is 6.65. The van der Waals surface area contributed by atoms with Gasteiger partial charge in [0.1, 0.15) is 23.5 Å². The van der Waals surface area contributed by atoms with Crippen LogP contribution in [0, 0.1) is 0 Å². The minimum Gasteiger partial charge on any atom is -0.472 e. The SMILES string of the molecule is C/C=C/S(=O)(=O)c1c[nH]c2ncnc(OCc3ccccc3)c12. The van der Waals surface area contributed by atoms with E-state index in [0.29, 0.717) is 17.6 Å². The van der Waals surface area contributed by atoms with Crippen LogP contribution in [0.5, 0.6) is 5.88 Å². The third-order valence-electron chi connectivity index (χ3n) is 3.24. The summed E-state index contributed by atoms with van der Waals surface area (Å²) in [4.78, 5) is 11.1. The molecule has 0 aliphatic heterocycles. The first-order chi connectivity index (χ1) is 11.1. The highest BCUT2D eigenvalue weighted by molar-refractivity contribution is 7.94. The molecule has 0 amide bonds. The molecular weight excluding hydrogens is 314 g/mol. The Bertz CT molecular complexity index is 947. The number of benzene rings is 1. The minimum absolute atomic E-state index is 0.106. The van der Waals surface area contributed by atoms with Crippen LogP contribution in [0.25, 0.3) is 11.0 Å². The predicted molar refractivity (Wildman–Crippen MR) is 86.7 cm³/mol. The predicted octanol–water partition coefficient (Wildman–Crippen LogP) is 2.84. The van der Waals surface area contributed by atoms with E-state index in [9.17, 15) is 8.42 Å². The van der Waals surface area contributed by atoms with Gasteiger partial charge in [-0.25, -0.2) is 18.4 Å². The van der Waals surface area contributed by atoms with Crippen molar-refractivity contribution in [1.82, 2.24) is 15.0 Å². The van der Waals surface area contributed by atoms with Gasteiger partial charge in [0, 0.05) is 11.6 Å². The summed E-state index contributed by atoms with van der Waals surface area (Å²) in [5, 5.41) is 1.50. The summed E-state index contributed by atoms with van der Waals surface area (Å²) in [7, 11) is -3.57. The molecule has 2 aromatic heterocycles. The molecule has 0 aliphatic carbocycles. The molecule has 0 saturated carbocycles. The van der Waals surface area contributed by atoms with Gasteiger partial charge in [0.25, 0.3) is 0 Å². The summed E-state index contributed by atoms with van der Waals surface area (Å²) < 4.78 is 30.3. The number of sulfone groups is 1. The van der Waals surface area contributed by atoms with Crippen molar-refractivity contribution in [2.75, 3.05) is 0 Å². The normalized spacial score (nSPS) is 12.0. The lowest BCUT2D eigenvalue weighted by atomic mass is 10.2. The molecule has 118 valence electrons. The zero-order chi connectivity index (χ0) is 16.3. The number of hydrogen-bond acceptors (Lipinski definition) is 5. The average molecular weight is 329 g/mol. The van der Waals surface area contributed by atoms with E-state index in [-0.39, 0.29) is 10.8 Å². The fraction of sp³-hybridized carbons (Fsp3) is 0.125. The lowest BCUT2D eigenvalue weighted by Gasteiger charge is -2.07. The number of H-pyrrole nitrogens is 1. The molecule has 1 N–H and O–H groups in total. The zero-order valence-electron chi connectivity index (χ0n) is 12.4. The summed E-state index contributed by atoms with van der Waals surface area (Å²) >= 11 is 0. The third-order valence-corrected chi connectivity index (χ3v) is 4.80. The second-order valence-electron chi connectivity index (χ2n) is 4.84. The standard InChI is InChI=1S/C16H15N3O3S/c1-2-8-23(20,21)13-9-17-15-14(13)16(19-11-18-15)22-10-12-6-4-3-5-7-12/h2-9,11H,10H2,1H3,(H,17,18,19)/b8-2+. The topological polar surface area (TPSA) is 84.9 Å². The summed E-state index contributed by atoms with van der Waals surface area (Å²) in [5.74, 6) is 0.239. The quantitative estimate of drug-likeness (QED) is 0.778. The van der Waals surface area contributed by atoms with E-state index in [2.05, 4.69) is 15.0 Å². The lowest BCUT2D eigenvalue weighted by Crippen LogP contribution is -2.01. The van der Waals surface area contributed by atoms with Crippen LogP contribution < -0.4 is 4.74 Å². The van der Waals surface area contributed by atoms with Gasteiger partial charge < -0.3 is 9.72 Å². The number of nitrogens with one attached hydrogen (secondary N) is 1. The van der Waals surface area contributed by atoms with Crippen LogP contribution >= 0.6 is 0 Å². The summed E-state index contributed by atoms with van der Waals surface area (Å²) in [5.41, 5.74) is 1.39. The van der Waals surface area contributed by atoms with Crippen LogP contribution in [0.15, 0.2) is 59.2 Å². The Balaban J connectivity index is 2.02. The van der Waals surface area contributed by atoms with Crippen LogP contribution in [0.2, 0.25) is 0 Å². The molecule has 0 atom stereocenters. The van der Waals surface area contributed by atoms with Crippen molar-refractivity contribution < 1.29 is 13.2 Å². The Morgan fingerprint density at radius 1 is 1.22 bits per heavy atom. The number of ether oxygens (including phenoxy) is 1. The molecule has 23 heavy (non-hydrogen) atoms. The first kappa shape index (κ1) is 15.2. The molecule has 0 radical (unpaired) electrons. The van der Waals surface area contributed by atoms with Gasteiger partial charge in [-0.1, -0.05) is 36.4 Å². The van der Waals surface area contributed by atoms with Crippen molar-refractivity contribution >= 4 is 20.9 Å². The molecule has 1 aromatic carbocycles. The van der Waals surface area contributed by atoms with Gasteiger partial charge in [-0.2, -0.15) is 0 Å².